The number of esters is 1. The van der Waals surface area contributed by atoms with Crippen molar-refractivity contribution in [3.63, 3.8) is 0 Å². The largest absolute Gasteiger partial charge is 0.458 e. The first-order valence-electron chi connectivity index (χ1n) is 16.1. The van der Waals surface area contributed by atoms with Crippen LogP contribution in [0.3, 0.4) is 0 Å². The molecule has 0 saturated carbocycles. The van der Waals surface area contributed by atoms with E-state index >= 15 is 0 Å². The Hall–Kier alpha value is -4.14. The molecule has 1 aromatic carbocycles. The van der Waals surface area contributed by atoms with Crippen LogP contribution in [0.2, 0.25) is 0 Å². The molecule has 15 heteroatoms. The Morgan fingerprint density at radius 3 is 2.34 bits per heavy atom. The minimum absolute atomic E-state index is 0.0316. The van der Waals surface area contributed by atoms with Gasteiger partial charge >= 0.3 is 5.97 Å². The van der Waals surface area contributed by atoms with Crippen molar-refractivity contribution in [2.24, 2.45) is 5.92 Å². The monoisotopic (exact) mass is 661 g/mol. The zero-order valence-electron chi connectivity index (χ0n) is 26.7. The first-order chi connectivity index (χ1) is 22.3. The van der Waals surface area contributed by atoms with E-state index in [1.54, 1.807) is 0 Å². The number of cyclic esters (lactones) is 1. The lowest BCUT2D eigenvalue weighted by Crippen LogP contribution is -2.63. The Balaban J connectivity index is 1.45. The van der Waals surface area contributed by atoms with Gasteiger partial charge in [-0.2, -0.15) is 0 Å². The van der Waals surface area contributed by atoms with Gasteiger partial charge in [0, 0.05) is 32.1 Å². The number of hydrogen-bond donors (Lipinski definition) is 2. The van der Waals surface area contributed by atoms with E-state index in [-0.39, 0.29) is 57.2 Å². The molecule has 4 fully saturated rings. The lowest BCUT2D eigenvalue weighted by atomic mass is 10.1. The normalized spacial score (nSPS) is 30.8. The van der Waals surface area contributed by atoms with E-state index in [1.165, 1.54) is 28.5 Å². The van der Waals surface area contributed by atoms with Gasteiger partial charge in [-0.3, -0.25) is 24.0 Å². The molecule has 3 unspecified atom stereocenters. The summed E-state index contributed by atoms with van der Waals surface area (Å²) in [5, 5.41) is 5.31. The highest BCUT2D eigenvalue weighted by Crippen LogP contribution is 2.27. The smallest absolute Gasteiger partial charge is 0.329 e. The van der Waals surface area contributed by atoms with Crippen LogP contribution in [0.5, 0.6) is 0 Å². The summed E-state index contributed by atoms with van der Waals surface area (Å²) in [5.41, 5.74) is 0.241. The van der Waals surface area contributed by atoms with Crippen LogP contribution in [0, 0.1) is 17.6 Å². The van der Waals surface area contributed by atoms with Gasteiger partial charge in [-0.25, -0.2) is 13.6 Å². The molecule has 0 spiro atoms. The van der Waals surface area contributed by atoms with Crippen molar-refractivity contribution in [2.75, 3.05) is 32.8 Å². The Morgan fingerprint density at radius 2 is 1.62 bits per heavy atom. The summed E-state index contributed by atoms with van der Waals surface area (Å²) < 4.78 is 38.7. The third kappa shape index (κ3) is 7.55. The summed E-state index contributed by atoms with van der Waals surface area (Å²) in [6, 6.07) is -2.49. The van der Waals surface area contributed by atoms with Gasteiger partial charge in [0.15, 0.2) is 0 Å². The topological polar surface area (TPSA) is 155 Å². The fraction of sp³-hybridized carbons (Fsp3) is 0.625. The molecular formula is C32H41F2N5O8. The molecule has 5 rings (SSSR count). The van der Waals surface area contributed by atoms with Crippen LogP contribution in [0.4, 0.5) is 8.78 Å². The van der Waals surface area contributed by atoms with Gasteiger partial charge in [-0.1, -0.05) is 6.92 Å². The zero-order valence-corrected chi connectivity index (χ0v) is 26.7. The maximum absolute atomic E-state index is 14.2. The average molecular weight is 662 g/mol. The van der Waals surface area contributed by atoms with Gasteiger partial charge in [-0.05, 0) is 63.1 Å². The first-order valence-corrected chi connectivity index (χ1v) is 16.1. The van der Waals surface area contributed by atoms with Crippen molar-refractivity contribution in [2.45, 2.75) is 89.2 Å². The molecule has 4 aliphatic heterocycles. The minimum Gasteiger partial charge on any atom is -0.458 e. The second kappa shape index (κ2) is 14.3. The SMILES string of the molecule is C[C@H]1CC2C(=O)O[C@@H](C)[C@H](NC(=O)CCc3cc(F)cc(F)c3)C(=O)N3CCCC3C(=O)N3CCOCC3C(=O)N[C@@H](C)C(=O)N2C1. The quantitative estimate of drug-likeness (QED) is 0.437. The van der Waals surface area contributed by atoms with Crippen molar-refractivity contribution in [3.8, 4) is 0 Å². The maximum Gasteiger partial charge on any atom is 0.329 e. The second-order valence-electron chi connectivity index (χ2n) is 12.9. The number of hydrogen-bond acceptors (Lipinski definition) is 8. The molecule has 0 aromatic heterocycles. The van der Waals surface area contributed by atoms with Crippen LogP contribution in [-0.4, -0.2) is 119 Å². The predicted octanol–water partition coefficient (Wildman–Crippen LogP) is 0.288. The number of amides is 5. The number of aryl methyl sites for hydroxylation is 1. The lowest BCUT2D eigenvalue weighted by Gasteiger charge is -2.39. The Labute approximate surface area is 271 Å². The standard InChI is InChI=1S/C32H41F2N5O8/c1-17-11-24-32(45)47-19(3)27(36-26(40)7-6-20-12-21(33)14-22(34)13-20)31(44)37-8-4-5-23(37)30(43)38-9-10-46-16-25(38)28(41)35-18(2)29(42)39(24)15-17/h12-14,17-19,23-25,27H,4-11,15-16H2,1-3H3,(H,35,41)(H,36,40)/t17-,18-,19-,23?,24?,25?,27-/m0/s1. The van der Waals surface area contributed by atoms with Crippen LogP contribution >= 0.6 is 0 Å². The zero-order chi connectivity index (χ0) is 34.0. The molecule has 5 amide bonds. The summed E-state index contributed by atoms with van der Waals surface area (Å²) in [7, 11) is 0. The van der Waals surface area contributed by atoms with E-state index in [4.69, 9.17) is 9.47 Å². The first kappa shape index (κ1) is 34.2. The molecule has 4 heterocycles. The van der Waals surface area contributed by atoms with E-state index in [9.17, 15) is 37.5 Å². The Morgan fingerprint density at radius 1 is 0.915 bits per heavy atom. The van der Waals surface area contributed by atoms with Gasteiger partial charge in [0.05, 0.1) is 13.2 Å². The molecule has 0 radical (unpaired) electrons. The highest BCUT2D eigenvalue weighted by atomic mass is 19.1. The molecule has 47 heavy (non-hydrogen) atoms. The van der Waals surface area contributed by atoms with Crippen LogP contribution in [0.1, 0.15) is 52.0 Å². The van der Waals surface area contributed by atoms with Gasteiger partial charge in [-0.15, -0.1) is 0 Å². The molecule has 4 aliphatic rings. The van der Waals surface area contributed by atoms with Crippen molar-refractivity contribution in [1.29, 1.82) is 0 Å². The number of morpholine rings is 1. The summed E-state index contributed by atoms with van der Waals surface area (Å²) in [5.74, 6) is -5.28. The summed E-state index contributed by atoms with van der Waals surface area (Å²) in [4.78, 5) is 85.8. The number of benzene rings is 1. The van der Waals surface area contributed by atoms with Gasteiger partial charge in [0.2, 0.25) is 29.5 Å². The number of rotatable bonds is 4. The van der Waals surface area contributed by atoms with Crippen LogP contribution in [0.15, 0.2) is 18.2 Å². The summed E-state index contributed by atoms with van der Waals surface area (Å²) in [6.45, 7) is 5.43. The molecule has 7 atom stereocenters. The molecule has 1 aromatic rings. The molecule has 256 valence electrons. The van der Waals surface area contributed by atoms with Crippen molar-refractivity contribution >= 4 is 35.5 Å². The van der Waals surface area contributed by atoms with Crippen LogP contribution < -0.4 is 10.6 Å². The van der Waals surface area contributed by atoms with Crippen LogP contribution in [0.25, 0.3) is 0 Å². The van der Waals surface area contributed by atoms with Crippen LogP contribution in [-0.2, 0) is 44.7 Å². The van der Waals surface area contributed by atoms with E-state index in [0.29, 0.717) is 19.3 Å². The van der Waals surface area contributed by atoms with Crippen molar-refractivity contribution in [3.05, 3.63) is 35.4 Å². The van der Waals surface area contributed by atoms with Gasteiger partial charge in [0.25, 0.3) is 0 Å². The van der Waals surface area contributed by atoms with E-state index in [0.717, 1.165) is 18.2 Å². The summed E-state index contributed by atoms with van der Waals surface area (Å²) in [6.07, 6.45) is -0.406. The number of nitrogens with zero attached hydrogens (tertiary/aromatic N) is 3. The number of nitrogens with one attached hydrogen (secondary N) is 2. The lowest BCUT2D eigenvalue weighted by molar-refractivity contribution is -0.163. The van der Waals surface area contributed by atoms with E-state index < -0.39 is 83.5 Å². The second-order valence-corrected chi connectivity index (χ2v) is 12.9. The predicted molar refractivity (Wildman–Crippen MR) is 160 cm³/mol. The summed E-state index contributed by atoms with van der Waals surface area (Å²) >= 11 is 0. The molecule has 13 nitrogen and oxygen atoms in total. The fourth-order valence-corrected chi connectivity index (χ4v) is 6.84. The number of halogens is 2. The van der Waals surface area contributed by atoms with E-state index in [2.05, 4.69) is 10.6 Å². The highest BCUT2D eigenvalue weighted by Gasteiger charge is 2.47. The molecule has 2 N–H and O–H groups in total. The molecule has 4 saturated heterocycles. The number of carbonyl (C=O) groups excluding carboxylic acids is 6. The average Bonchev–Trinajstić information content (AvgIpc) is 3.68. The van der Waals surface area contributed by atoms with Crippen molar-refractivity contribution in [1.82, 2.24) is 25.3 Å². The van der Waals surface area contributed by atoms with Gasteiger partial charge < -0.3 is 34.8 Å². The molecule has 0 bridgehead atoms. The minimum atomic E-state index is -1.41. The molecule has 0 aliphatic carbocycles. The number of carbonyl (C=O) groups is 6. The fourth-order valence-electron chi connectivity index (χ4n) is 6.84. The highest BCUT2D eigenvalue weighted by molar-refractivity contribution is 5.97. The third-order valence-electron chi connectivity index (χ3n) is 9.25. The van der Waals surface area contributed by atoms with Gasteiger partial charge in [0.1, 0.15) is 47.9 Å². The Bertz CT molecular complexity index is 1410. The number of ether oxygens (including phenoxy) is 2. The van der Waals surface area contributed by atoms with Crippen molar-refractivity contribution < 1.29 is 47.0 Å². The Kier molecular flexibility index (Phi) is 10.4. The molecular weight excluding hydrogens is 620 g/mol. The number of fused-ring (bicyclic) bond motifs is 3. The maximum atomic E-state index is 14.2. The third-order valence-corrected chi connectivity index (χ3v) is 9.25. The van der Waals surface area contributed by atoms with E-state index in [1.807, 2.05) is 6.92 Å².